The van der Waals surface area contributed by atoms with Gasteiger partial charge in [0.25, 0.3) is 0 Å². The van der Waals surface area contributed by atoms with Gasteiger partial charge in [-0.05, 0) is 30.8 Å². The monoisotopic (exact) mass is 288 g/mol. The summed E-state index contributed by atoms with van der Waals surface area (Å²) in [6.45, 7) is 1.11. The van der Waals surface area contributed by atoms with Gasteiger partial charge < -0.3 is 0 Å². The fourth-order valence-electron chi connectivity index (χ4n) is 2.77. The summed E-state index contributed by atoms with van der Waals surface area (Å²) < 4.78 is 0. The van der Waals surface area contributed by atoms with Gasteiger partial charge in [0.1, 0.15) is 0 Å². The number of likely N-dealkylation sites (N-methyl/N-ethyl adjacent to an activating group) is 1. The zero-order chi connectivity index (χ0) is 13.9. The predicted octanol–water partition coefficient (Wildman–Crippen LogP) is 1.79. The van der Waals surface area contributed by atoms with Gasteiger partial charge in [0.15, 0.2) is 0 Å². The van der Waals surface area contributed by atoms with E-state index in [1.807, 2.05) is 24.0 Å². The van der Waals surface area contributed by atoms with Gasteiger partial charge in [0, 0.05) is 35.7 Å². The standard InChI is InChI=1S/C15H20N4S/c1-19-7-8-20-10-14(19)15(18-16)12-4-5-13-11(9-12)3-2-6-17-13/h2-6,9,14-15,18H,7-8,10,16H2,1H3. The van der Waals surface area contributed by atoms with Crippen molar-refractivity contribution in [3.05, 3.63) is 42.1 Å². The molecule has 5 heteroatoms. The Bertz CT molecular complexity index is 589. The van der Waals surface area contributed by atoms with Gasteiger partial charge in [-0.2, -0.15) is 11.8 Å². The van der Waals surface area contributed by atoms with Crippen molar-refractivity contribution in [3.8, 4) is 0 Å². The Morgan fingerprint density at radius 2 is 2.35 bits per heavy atom. The molecule has 0 saturated carbocycles. The van der Waals surface area contributed by atoms with Crippen molar-refractivity contribution in [2.24, 2.45) is 5.84 Å². The van der Waals surface area contributed by atoms with Gasteiger partial charge in [-0.1, -0.05) is 12.1 Å². The van der Waals surface area contributed by atoms with Crippen molar-refractivity contribution in [1.29, 1.82) is 0 Å². The van der Waals surface area contributed by atoms with Gasteiger partial charge in [-0.25, -0.2) is 0 Å². The number of thioether (sulfide) groups is 1. The zero-order valence-corrected chi connectivity index (χ0v) is 12.4. The number of aromatic nitrogens is 1. The first-order valence-electron chi connectivity index (χ1n) is 6.88. The summed E-state index contributed by atoms with van der Waals surface area (Å²) in [5, 5.41) is 1.16. The van der Waals surface area contributed by atoms with Crippen LogP contribution in [-0.2, 0) is 0 Å². The number of hydrogen-bond donors (Lipinski definition) is 2. The molecule has 0 aliphatic carbocycles. The summed E-state index contributed by atoms with van der Waals surface area (Å²) in [4.78, 5) is 6.77. The van der Waals surface area contributed by atoms with Crippen LogP contribution in [-0.4, -0.2) is 41.0 Å². The Morgan fingerprint density at radius 3 is 3.15 bits per heavy atom. The Hall–Kier alpha value is -1.14. The molecular weight excluding hydrogens is 268 g/mol. The maximum atomic E-state index is 5.84. The Labute approximate surface area is 123 Å². The van der Waals surface area contributed by atoms with E-state index < -0.39 is 0 Å². The number of nitrogens with zero attached hydrogens (tertiary/aromatic N) is 2. The molecule has 106 valence electrons. The lowest BCUT2D eigenvalue weighted by Gasteiger charge is -2.37. The fraction of sp³-hybridized carbons (Fsp3) is 0.400. The molecule has 1 aromatic carbocycles. The summed E-state index contributed by atoms with van der Waals surface area (Å²) in [7, 11) is 2.18. The Morgan fingerprint density at radius 1 is 1.45 bits per heavy atom. The smallest absolute Gasteiger partial charge is 0.0702 e. The molecular formula is C15H20N4S. The molecule has 0 bridgehead atoms. The lowest BCUT2D eigenvalue weighted by atomic mass is 9.98. The lowest BCUT2D eigenvalue weighted by Crippen LogP contribution is -2.49. The second-order valence-corrected chi connectivity index (χ2v) is 6.37. The van der Waals surface area contributed by atoms with Crippen molar-refractivity contribution in [1.82, 2.24) is 15.3 Å². The zero-order valence-electron chi connectivity index (χ0n) is 11.6. The van der Waals surface area contributed by atoms with Crippen molar-refractivity contribution in [3.63, 3.8) is 0 Å². The van der Waals surface area contributed by atoms with Crippen molar-refractivity contribution >= 4 is 22.7 Å². The third kappa shape index (κ3) is 2.67. The quantitative estimate of drug-likeness (QED) is 0.666. The van der Waals surface area contributed by atoms with E-state index in [0.29, 0.717) is 6.04 Å². The molecule has 2 unspecified atom stereocenters. The summed E-state index contributed by atoms with van der Waals surface area (Å²) in [6.07, 6.45) is 1.83. The van der Waals surface area contributed by atoms with Gasteiger partial charge in [0.2, 0.25) is 0 Å². The van der Waals surface area contributed by atoms with Gasteiger partial charge in [-0.3, -0.25) is 21.2 Å². The molecule has 2 aromatic rings. The fourth-order valence-corrected chi connectivity index (χ4v) is 4.05. The first-order valence-corrected chi connectivity index (χ1v) is 8.04. The predicted molar refractivity (Wildman–Crippen MR) is 85.6 cm³/mol. The minimum Gasteiger partial charge on any atom is -0.300 e. The maximum absolute atomic E-state index is 5.84. The second-order valence-electron chi connectivity index (χ2n) is 5.22. The normalized spacial score (nSPS) is 22.0. The molecule has 1 fully saturated rings. The minimum atomic E-state index is 0.150. The van der Waals surface area contributed by atoms with Gasteiger partial charge >= 0.3 is 0 Å². The van der Waals surface area contributed by atoms with E-state index in [1.54, 1.807) is 0 Å². The van der Waals surface area contributed by atoms with E-state index in [1.165, 1.54) is 11.3 Å². The van der Waals surface area contributed by atoms with E-state index in [2.05, 4.69) is 46.6 Å². The van der Waals surface area contributed by atoms with Crippen LogP contribution < -0.4 is 11.3 Å². The van der Waals surface area contributed by atoms with Crippen molar-refractivity contribution in [2.75, 3.05) is 25.1 Å². The van der Waals surface area contributed by atoms with Crippen LogP contribution in [0.5, 0.6) is 0 Å². The molecule has 1 aliphatic rings. The molecule has 4 nitrogen and oxygen atoms in total. The Balaban J connectivity index is 1.93. The highest BCUT2D eigenvalue weighted by Gasteiger charge is 2.28. The van der Waals surface area contributed by atoms with E-state index in [9.17, 15) is 0 Å². The third-order valence-electron chi connectivity index (χ3n) is 3.99. The summed E-state index contributed by atoms with van der Waals surface area (Å²) >= 11 is 2.00. The number of nitrogens with one attached hydrogen (secondary N) is 1. The molecule has 1 aliphatic heterocycles. The number of hydrogen-bond acceptors (Lipinski definition) is 5. The second kappa shape index (κ2) is 6.10. The maximum Gasteiger partial charge on any atom is 0.0702 e. The first kappa shape index (κ1) is 13.8. The van der Waals surface area contributed by atoms with Crippen molar-refractivity contribution < 1.29 is 0 Å². The minimum absolute atomic E-state index is 0.150. The molecule has 2 atom stereocenters. The highest BCUT2D eigenvalue weighted by Crippen LogP contribution is 2.27. The molecule has 20 heavy (non-hydrogen) atoms. The third-order valence-corrected chi connectivity index (χ3v) is 5.04. The average Bonchev–Trinajstić information content (AvgIpc) is 2.50. The van der Waals surface area contributed by atoms with Crippen LogP contribution >= 0.6 is 11.8 Å². The molecule has 1 saturated heterocycles. The van der Waals surface area contributed by atoms with E-state index in [-0.39, 0.29) is 6.04 Å². The van der Waals surface area contributed by atoms with Crippen LogP contribution in [0.25, 0.3) is 10.9 Å². The van der Waals surface area contributed by atoms with Crippen LogP contribution in [0.4, 0.5) is 0 Å². The molecule has 3 rings (SSSR count). The molecule has 1 aromatic heterocycles. The molecule has 0 spiro atoms. The number of rotatable bonds is 3. The number of pyridine rings is 1. The molecule has 0 amide bonds. The van der Waals surface area contributed by atoms with Crippen LogP contribution in [0.15, 0.2) is 36.5 Å². The van der Waals surface area contributed by atoms with E-state index >= 15 is 0 Å². The molecule has 2 heterocycles. The van der Waals surface area contributed by atoms with E-state index in [0.717, 1.165) is 23.2 Å². The number of nitrogens with two attached hydrogens (primary N) is 1. The molecule has 0 radical (unpaired) electrons. The topological polar surface area (TPSA) is 54.2 Å². The van der Waals surface area contributed by atoms with Gasteiger partial charge in [0.05, 0.1) is 11.6 Å². The van der Waals surface area contributed by atoms with E-state index in [4.69, 9.17) is 5.84 Å². The largest absolute Gasteiger partial charge is 0.300 e. The number of fused-ring (bicyclic) bond motifs is 1. The summed E-state index contributed by atoms with van der Waals surface area (Å²) in [5.74, 6) is 8.15. The van der Waals surface area contributed by atoms with Crippen molar-refractivity contribution in [2.45, 2.75) is 12.1 Å². The van der Waals surface area contributed by atoms with Crippen LogP contribution in [0.2, 0.25) is 0 Å². The SMILES string of the molecule is CN1CCSCC1C(NN)c1ccc2ncccc2c1. The first-order chi connectivity index (χ1) is 9.79. The summed E-state index contributed by atoms with van der Waals surface area (Å²) in [5.41, 5.74) is 5.26. The van der Waals surface area contributed by atoms with Crippen LogP contribution in [0.1, 0.15) is 11.6 Å². The lowest BCUT2D eigenvalue weighted by molar-refractivity contribution is 0.216. The average molecular weight is 288 g/mol. The summed E-state index contributed by atoms with van der Waals surface area (Å²) in [6, 6.07) is 11.0. The highest BCUT2D eigenvalue weighted by atomic mass is 32.2. The highest BCUT2D eigenvalue weighted by molar-refractivity contribution is 7.99. The van der Waals surface area contributed by atoms with Gasteiger partial charge in [-0.15, -0.1) is 0 Å². The van der Waals surface area contributed by atoms with Crippen LogP contribution in [0, 0.1) is 0 Å². The Kier molecular flexibility index (Phi) is 4.21. The van der Waals surface area contributed by atoms with Crippen LogP contribution in [0.3, 0.4) is 0 Å². The molecule has 3 N–H and O–H groups in total. The number of hydrazine groups is 1. The number of benzene rings is 1.